The van der Waals surface area contributed by atoms with Crippen LogP contribution >= 0.6 is 0 Å². The van der Waals surface area contributed by atoms with Crippen molar-refractivity contribution in [3.63, 3.8) is 0 Å². The van der Waals surface area contributed by atoms with Gasteiger partial charge in [0.1, 0.15) is 0 Å². The molecule has 3 nitrogen and oxygen atoms in total. The highest BCUT2D eigenvalue weighted by molar-refractivity contribution is 7.89. The van der Waals surface area contributed by atoms with Gasteiger partial charge in [0.05, 0.1) is 5.25 Å². The predicted octanol–water partition coefficient (Wildman–Crippen LogP) is 0.710. The number of sulfonamides is 1. The van der Waals surface area contributed by atoms with Crippen molar-refractivity contribution in [2.75, 3.05) is 0 Å². The molecule has 2 rings (SSSR count). The maximum absolute atomic E-state index is 11.2. The maximum atomic E-state index is 11.2. The Hall–Kier alpha value is -0.0900. The number of nitrogens with two attached hydrogens (primary N) is 1. The molecular weight excluding hydrogens is 174 g/mol. The van der Waals surface area contributed by atoms with Gasteiger partial charge < -0.3 is 0 Å². The van der Waals surface area contributed by atoms with Crippen LogP contribution in [0.3, 0.4) is 0 Å². The summed E-state index contributed by atoms with van der Waals surface area (Å²) < 4.78 is 22.4. The van der Waals surface area contributed by atoms with Gasteiger partial charge in [0, 0.05) is 0 Å². The highest BCUT2D eigenvalue weighted by Crippen LogP contribution is 2.50. The van der Waals surface area contributed by atoms with E-state index in [1.54, 1.807) is 0 Å². The summed E-state index contributed by atoms with van der Waals surface area (Å²) >= 11 is 0. The molecular formula is C8H15NO2S. The molecule has 12 heavy (non-hydrogen) atoms. The molecule has 0 aromatic heterocycles. The Labute approximate surface area is 73.4 Å². The summed E-state index contributed by atoms with van der Waals surface area (Å²) in [6, 6.07) is 0. The van der Waals surface area contributed by atoms with Crippen LogP contribution in [0.1, 0.15) is 26.2 Å². The van der Waals surface area contributed by atoms with E-state index in [2.05, 4.69) is 0 Å². The second-order valence-electron chi connectivity index (χ2n) is 4.25. The van der Waals surface area contributed by atoms with E-state index in [0.717, 1.165) is 12.8 Å². The minimum atomic E-state index is -3.28. The summed E-state index contributed by atoms with van der Waals surface area (Å²) in [5, 5.41) is 4.95. The van der Waals surface area contributed by atoms with Crippen LogP contribution in [0.4, 0.5) is 0 Å². The number of hydrogen-bond acceptors (Lipinski definition) is 2. The first kappa shape index (κ1) is 8.51. The normalized spacial score (nSPS) is 46.8. The van der Waals surface area contributed by atoms with Crippen LogP contribution in [0.25, 0.3) is 0 Å². The van der Waals surface area contributed by atoms with Gasteiger partial charge in [-0.3, -0.25) is 0 Å². The zero-order valence-corrected chi connectivity index (χ0v) is 8.05. The molecule has 2 saturated carbocycles. The SMILES string of the molecule is CC1C2CCC(C2)C1S(N)(=O)=O. The summed E-state index contributed by atoms with van der Waals surface area (Å²) in [5.74, 6) is 1.28. The summed E-state index contributed by atoms with van der Waals surface area (Å²) in [7, 11) is -3.28. The summed E-state index contributed by atoms with van der Waals surface area (Å²) in [6.07, 6.45) is 3.36. The van der Waals surface area contributed by atoms with Gasteiger partial charge in [-0.1, -0.05) is 6.92 Å². The highest BCUT2D eigenvalue weighted by Gasteiger charge is 2.50. The van der Waals surface area contributed by atoms with Gasteiger partial charge in [-0.2, -0.15) is 0 Å². The lowest BCUT2D eigenvalue weighted by atomic mass is 9.90. The first-order valence-corrected chi connectivity index (χ1v) is 6.12. The van der Waals surface area contributed by atoms with Crippen molar-refractivity contribution in [1.82, 2.24) is 0 Å². The largest absolute Gasteiger partial charge is 0.228 e. The average molecular weight is 189 g/mol. The van der Waals surface area contributed by atoms with E-state index in [4.69, 9.17) is 5.14 Å². The molecule has 0 amide bonds. The van der Waals surface area contributed by atoms with Crippen LogP contribution in [0.5, 0.6) is 0 Å². The molecule has 4 atom stereocenters. The monoisotopic (exact) mass is 189 g/mol. The van der Waals surface area contributed by atoms with Gasteiger partial charge in [-0.15, -0.1) is 0 Å². The second-order valence-corrected chi connectivity index (χ2v) is 5.97. The summed E-state index contributed by atoms with van der Waals surface area (Å²) in [6.45, 7) is 2.03. The number of primary sulfonamides is 1. The molecule has 2 N–H and O–H groups in total. The van der Waals surface area contributed by atoms with Crippen LogP contribution in [0.2, 0.25) is 0 Å². The van der Waals surface area contributed by atoms with Crippen LogP contribution in [0.15, 0.2) is 0 Å². The van der Waals surface area contributed by atoms with Crippen molar-refractivity contribution in [2.45, 2.75) is 31.4 Å². The van der Waals surface area contributed by atoms with E-state index < -0.39 is 10.0 Å². The van der Waals surface area contributed by atoms with Crippen LogP contribution < -0.4 is 5.14 Å². The Bertz CT molecular complexity index is 283. The summed E-state index contributed by atoms with van der Waals surface area (Å²) in [5.41, 5.74) is 0. The fourth-order valence-corrected chi connectivity index (χ4v) is 4.70. The molecule has 2 bridgehead atoms. The lowest BCUT2D eigenvalue weighted by molar-refractivity contribution is 0.358. The molecule has 0 aromatic carbocycles. The minimum absolute atomic E-state index is 0.240. The van der Waals surface area contributed by atoms with E-state index >= 15 is 0 Å². The van der Waals surface area contributed by atoms with Crippen molar-refractivity contribution in [2.24, 2.45) is 22.9 Å². The molecule has 0 aromatic rings. The van der Waals surface area contributed by atoms with Gasteiger partial charge >= 0.3 is 0 Å². The van der Waals surface area contributed by atoms with Gasteiger partial charge in [0.2, 0.25) is 10.0 Å². The fraction of sp³-hybridized carbons (Fsp3) is 1.00. The third kappa shape index (κ3) is 1.09. The van der Waals surface area contributed by atoms with Gasteiger partial charge in [0.15, 0.2) is 0 Å². The van der Waals surface area contributed by atoms with E-state index in [1.165, 1.54) is 6.42 Å². The van der Waals surface area contributed by atoms with Gasteiger partial charge in [-0.25, -0.2) is 13.6 Å². The fourth-order valence-electron chi connectivity index (χ4n) is 3.09. The first-order valence-electron chi connectivity index (χ1n) is 4.52. The second kappa shape index (κ2) is 2.45. The number of hydrogen-bond donors (Lipinski definition) is 1. The Kier molecular flexibility index (Phi) is 1.74. The van der Waals surface area contributed by atoms with Crippen molar-refractivity contribution in [3.05, 3.63) is 0 Å². The number of fused-ring (bicyclic) bond motifs is 2. The molecule has 0 spiro atoms. The smallest absolute Gasteiger partial charge is 0.212 e. The van der Waals surface area contributed by atoms with Crippen LogP contribution in [-0.2, 0) is 10.0 Å². The zero-order valence-electron chi connectivity index (χ0n) is 7.23. The molecule has 4 heteroatoms. The van der Waals surface area contributed by atoms with Crippen LogP contribution in [-0.4, -0.2) is 13.7 Å². The first-order chi connectivity index (χ1) is 5.50. The highest BCUT2D eigenvalue weighted by atomic mass is 32.2. The lowest BCUT2D eigenvalue weighted by Crippen LogP contribution is -2.38. The van der Waals surface area contributed by atoms with Gasteiger partial charge in [0.25, 0.3) is 0 Å². The van der Waals surface area contributed by atoms with Crippen LogP contribution in [0, 0.1) is 17.8 Å². The van der Waals surface area contributed by atoms with E-state index in [0.29, 0.717) is 17.8 Å². The third-order valence-corrected chi connectivity index (χ3v) is 5.19. The quantitative estimate of drug-likeness (QED) is 0.660. The molecule has 0 heterocycles. The molecule has 2 aliphatic rings. The van der Waals surface area contributed by atoms with Gasteiger partial charge in [-0.05, 0) is 37.0 Å². The zero-order chi connectivity index (χ0) is 8.93. The standard InChI is InChI=1S/C8H15NO2S/c1-5-6-2-3-7(4-6)8(5)12(9,10)11/h5-8H,2-4H2,1H3,(H2,9,10,11). The Morgan fingerprint density at radius 3 is 2.17 bits per heavy atom. The molecule has 4 unspecified atom stereocenters. The molecule has 2 fully saturated rings. The maximum Gasteiger partial charge on any atom is 0.212 e. The lowest BCUT2D eigenvalue weighted by Gasteiger charge is -2.25. The van der Waals surface area contributed by atoms with E-state index in [9.17, 15) is 8.42 Å². The van der Waals surface area contributed by atoms with E-state index in [1.807, 2.05) is 6.92 Å². The Morgan fingerprint density at radius 1 is 1.25 bits per heavy atom. The predicted molar refractivity (Wildman–Crippen MR) is 46.9 cm³/mol. The molecule has 2 aliphatic carbocycles. The van der Waals surface area contributed by atoms with Crippen molar-refractivity contribution in [1.29, 1.82) is 0 Å². The molecule has 0 radical (unpaired) electrons. The Balaban J connectivity index is 2.29. The summed E-state index contributed by atoms with van der Waals surface area (Å²) in [4.78, 5) is 0. The molecule has 0 aliphatic heterocycles. The molecule has 0 saturated heterocycles. The average Bonchev–Trinajstić information content (AvgIpc) is 2.42. The number of rotatable bonds is 1. The van der Waals surface area contributed by atoms with Crippen molar-refractivity contribution in [3.8, 4) is 0 Å². The Morgan fingerprint density at radius 2 is 1.83 bits per heavy atom. The third-order valence-electron chi connectivity index (χ3n) is 3.62. The van der Waals surface area contributed by atoms with Crippen molar-refractivity contribution >= 4 is 10.0 Å². The molecule has 70 valence electrons. The topological polar surface area (TPSA) is 60.2 Å². The minimum Gasteiger partial charge on any atom is -0.228 e. The van der Waals surface area contributed by atoms with Crippen molar-refractivity contribution < 1.29 is 8.42 Å². The van der Waals surface area contributed by atoms with E-state index in [-0.39, 0.29) is 5.25 Å².